The summed E-state index contributed by atoms with van der Waals surface area (Å²) in [4.78, 5) is 24.7. The number of hydrogen-bond donors (Lipinski definition) is 2. The number of carboxylic acids is 1. The van der Waals surface area contributed by atoms with E-state index in [2.05, 4.69) is 5.32 Å². The highest BCUT2D eigenvalue weighted by Gasteiger charge is 2.19. The molecule has 0 aliphatic heterocycles. The number of benzene rings is 1. The maximum absolute atomic E-state index is 12.2. The van der Waals surface area contributed by atoms with Gasteiger partial charge in [0.15, 0.2) is 5.78 Å². The number of carboxylic acid groups (broad SMARTS) is 1. The van der Waals surface area contributed by atoms with Gasteiger partial charge >= 0.3 is 5.97 Å². The van der Waals surface area contributed by atoms with Gasteiger partial charge < -0.3 is 15.3 Å². The van der Waals surface area contributed by atoms with Crippen LogP contribution < -0.4 is 10.2 Å². The summed E-state index contributed by atoms with van der Waals surface area (Å²) in [5.74, 6) is -0.968. The quantitative estimate of drug-likeness (QED) is 0.728. The molecule has 0 fully saturated rings. The molecule has 19 heavy (non-hydrogen) atoms. The van der Waals surface area contributed by atoms with Crippen LogP contribution in [0.25, 0.3) is 0 Å². The fourth-order valence-corrected chi connectivity index (χ4v) is 1.80. The lowest BCUT2D eigenvalue weighted by Crippen LogP contribution is -2.34. The molecule has 0 heterocycles. The Morgan fingerprint density at radius 2 is 1.84 bits per heavy atom. The van der Waals surface area contributed by atoms with Gasteiger partial charge in [-0.15, -0.1) is 0 Å². The van der Waals surface area contributed by atoms with Crippen molar-refractivity contribution >= 4 is 17.4 Å². The average molecular weight is 264 g/mol. The van der Waals surface area contributed by atoms with Crippen LogP contribution in [-0.4, -0.2) is 44.0 Å². The van der Waals surface area contributed by atoms with E-state index in [1.54, 1.807) is 19.2 Å². The summed E-state index contributed by atoms with van der Waals surface area (Å²) >= 11 is 0. The SMILES string of the molecule is CNC(CCC(=O)O)C(=O)c1ccc(N(C)C)cc1. The van der Waals surface area contributed by atoms with E-state index in [0.717, 1.165) is 5.69 Å². The normalized spacial score (nSPS) is 11.9. The largest absolute Gasteiger partial charge is 0.481 e. The van der Waals surface area contributed by atoms with Gasteiger partial charge in [0.2, 0.25) is 0 Å². The molecule has 1 unspecified atom stereocenters. The second kappa shape index (κ2) is 6.89. The molecule has 0 saturated carbocycles. The first-order chi connectivity index (χ1) is 8.95. The van der Waals surface area contributed by atoms with Gasteiger partial charge in [0, 0.05) is 31.8 Å². The van der Waals surface area contributed by atoms with Gasteiger partial charge in [-0.3, -0.25) is 9.59 Å². The third-order valence-corrected chi connectivity index (χ3v) is 2.98. The molecule has 1 aromatic carbocycles. The first-order valence-electron chi connectivity index (χ1n) is 6.16. The van der Waals surface area contributed by atoms with Gasteiger partial charge in [0.1, 0.15) is 0 Å². The third kappa shape index (κ3) is 4.37. The van der Waals surface area contributed by atoms with Gasteiger partial charge in [-0.05, 0) is 37.7 Å². The van der Waals surface area contributed by atoms with Crippen molar-refractivity contribution in [2.75, 3.05) is 26.0 Å². The first-order valence-corrected chi connectivity index (χ1v) is 6.16. The number of aliphatic carboxylic acids is 1. The monoisotopic (exact) mass is 264 g/mol. The van der Waals surface area contributed by atoms with E-state index >= 15 is 0 Å². The molecule has 0 saturated heterocycles. The minimum Gasteiger partial charge on any atom is -0.481 e. The predicted molar refractivity (Wildman–Crippen MR) is 74.8 cm³/mol. The van der Waals surface area contributed by atoms with Crippen molar-refractivity contribution in [2.45, 2.75) is 18.9 Å². The fourth-order valence-electron chi connectivity index (χ4n) is 1.80. The number of anilines is 1. The van der Waals surface area contributed by atoms with E-state index in [1.165, 1.54) is 0 Å². The molecule has 0 aromatic heterocycles. The maximum atomic E-state index is 12.2. The number of rotatable bonds is 7. The molecule has 0 amide bonds. The molecule has 0 radical (unpaired) electrons. The molecule has 0 spiro atoms. The number of Topliss-reactive ketones (excluding diaryl/α,β-unsaturated/α-hetero) is 1. The molecule has 0 bridgehead atoms. The van der Waals surface area contributed by atoms with Crippen molar-refractivity contribution in [2.24, 2.45) is 0 Å². The number of likely N-dealkylation sites (N-methyl/N-ethyl adjacent to an activating group) is 1. The van der Waals surface area contributed by atoms with Crippen LogP contribution in [0.1, 0.15) is 23.2 Å². The van der Waals surface area contributed by atoms with Crippen molar-refractivity contribution in [3.05, 3.63) is 29.8 Å². The summed E-state index contributed by atoms with van der Waals surface area (Å²) in [7, 11) is 5.53. The van der Waals surface area contributed by atoms with Crippen molar-refractivity contribution in [1.82, 2.24) is 5.32 Å². The molecule has 104 valence electrons. The zero-order valence-corrected chi connectivity index (χ0v) is 11.5. The Hall–Kier alpha value is -1.88. The second-order valence-electron chi connectivity index (χ2n) is 4.58. The number of nitrogens with zero attached hydrogens (tertiary/aromatic N) is 1. The highest BCUT2D eigenvalue weighted by molar-refractivity contribution is 6.00. The van der Waals surface area contributed by atoms with Crippen molar-refractivity contribution < 1.29 is 14.7 Å². The van der Waals surface area contributed by atoms with Crippen LogP contribution in [0.5, 0.6) is 0 Å². The summed E-state index contributed by atoms with van der Waals surface area (Å²) in [6.07, 6.45) is 0.271. The highest BCUT2D eigenvalue weighted by atomic mass is 16.4. The summed E-state index contributed by atoms with van der Waals surface area (Å²) in [5.41, 5.74) is 1.61. The van der Waals surface area contributed by atoms with E-state index < -0.39 is 12.0 Å². The summed E-state index contributed by atoms with van der Waals surface area (Å²) in [6.45, 7) is 0. The second-order valence-corrected chi connectivity index (χ2v) is 4.58. The number of hydrogen-bond acceptors (Lipinski definition) is 4. The minimum atomic E-state index is -0.893. The number of carbonyl (C=O) groups excluding carboxylic acids is 1. The molecule has 5 nitrogen and oxygen atoms in total. The molecule has 1 atom stereocenters. The maximum Gasteiger partial charge on any atom is 0.303 e. The standard InChI is InChI=1S/C14H20N2O3/c1-15-12(8-9-13(17)18)14(19)10-4-6-11(7-5-10)16(2)3/h4-7,12,15H,8-9H2,1-3H3,(H,17,18). The Balaban J connectivity index is 2.76. The summed E-state index contributed by atoms with van der Waals surface area (Å²) < 4.78 is 0. The summed E-state index contributed by atoms with van der Waals surface area (Å²) in [6, 6.07) is 6.82. The van der Waals surface area contributed by atoms with Crippen molar-refractivity contribution in [3.63, 3.8) is 0 Å². The van der Waals surface area contributed by atoms with Crippen LogP contribution in [0.3, 0.4) is 0 Å². The number of carbonyl (C=O) groups is 2. The smallest absolute Gasteiger partial charge is 0.303 e. The van der Waals surface area contributed by atoms with Crippen LogP contribution in [0.2, 0.25) is 0 Å². The lowest BCUT2D eigenvalue weighted by Gasteiger charge is -2.16. The van der Waals surface area contributed by atoms with E-state index in [4.69, 9.17) is 5.11 Å². The van der Waals surface area contributed by atoms with Gasteiger partial charge in [0.25, 0.3) is 0 Å². The molecule has 0 aliphatic carbocycles. The van der Waals surface area contributed by atoms with Gasteiger partial charge in [-0.2, -0.15) is 0 Å². The van der Waals surface area contributed by atoms with E-state index in [0.29, 0.717) is 12.0 Å². The van der Waals surface area contributed by atoms with Gasteiger partial charge in [0.05, 0.1) is 6.04 Å². The molecular formula is C14H20N2O3. The van der Waals surface area contributed by atoms with Crippen molar-refractivity contribution in [1.29, 1.82) is 0 Å². The van der Waals surface area contributed by atoms with Crippen molar-refractivity contribution in [3.8, 4) is 0 Å². The average Bonchev–Trinajstić information content (AvgIpc) is 2.39. The Kier molecular flexibility index (Phi) is 5.51. The Bertz CT molecular complexity index is 441. The minimum absolute atomic E-state index is 0.0208. The molecule has 2 N–H and O–H groups in total. The highest BCUT2D eigenvalue weighted by Crippen LogP contribution is 2.14. The number of nitrogens with one attached hydrogen (secondary N) is 1. The van der Waals surface area contributed by atoms with E-state index in [1.807, 2.05) is 31.1 Å². The van der Waals surface area contributed by atoms with Gasteiger partial charge in [-0.1, -0.05) is 0 Å². The Morgan fingerprint density at radius 3 is 2.26 bits per heavy atom. The third-order valence-electron chi connectivity index (χ3n) is 2.98. The fraction of sp³-hybridized carbons (Fsp3) is 0.429. The predicted octanol–water partition coefficient (Wildman–Crippen LogP) is 1.39. The molecule has 0 aliphatic rings. The first kappa shape index (κ1) is 15.2. The zero-order chi connectivity index (χ0) is 14.4. The van der Waals surface area contributed by atoms with Crippen LogP contribution in [0.15, 0.2) is 24.3 Å². The lowest BCUT2D eigenvalue weighted by atomic mass is 10.00. The van der Waals surface area contributed by atoms with Gasteiger partial charge in [-0.25, -0.2) is 0 Å². The molecule has 5 heteroatoms. The van der Waals surface area contributed by atoms with Crippen LogP contribution in [0, 0.1) is 0 Å². The topological polar surface area (TPSA) is 69.6 Å². The lowest BCUT2D eigenvalue weighted by molar-refractivity contribution is -0.137. The summed E-state index contributed by atoms with van der Waals surface area (Å²) in [5, 5.41) is 11.5. The Labute approximate surface area is 113 Å². The Morgan fingerprint density at radius 1 is 1.26 bits per heavy atom. The van der Waals surface area contributed by atoms with Crippen LogP contribution >= 0.6 is 0 Å². The van der Waals surface area contributed by atoms with Crippen LogP contribution in [-0.2, 0) is 4.79 Å². The molecule has 1 rings (SSSR count). The number of ketones is 1. The van der Waals surface area contributed by atoms with E-state index in [9.17, 15) is 9.59 Å². The molecular weight excluding hydrogens is 244 g/mol. The van der Waals surface area contributed by atoms with E-state index in [-0.39, 0.29) is 12.2 Å². The molecule has 1 aromatic rings. The van der Waals surface area contributed by atoms with Crippen LogP contribution in [0.4, 0.5) is 5.69 Å². The zero-order valence-electron chi connectivity index (χ0n) is 11.5.